The lowest BCUT2D eigenvalue weighted by Gasteiger charge is -2.30. The lowest BCUT2D eigenvalue weighted by atomic mass is 9.90. The van der Waals surface area contributed by atoms with E-state index in [4.69, 9.17) is 22.1 Å². The summed E-state index contributed by atoms with van der Waals surface area (Å²) in [6.45, 7) is 2.21. The average Bonchev–Trinajstić information content (AvgIpc) is 2.57. The average molecular weight is 362 g/mol. The number of nitrogens with two attached hydrogens (primary N) is 1. The molecule has 0 radical (unpaired) electrons. The second kappa shape index (κ2) is 6.90. The van der Waals surface area contributed by atoms with Crippen LogP contribution in [0.15, 0.2) is 41.5 Å². The first-order valence-electron chi connectivity index (χ1n) is 7.73. The zero-order chi connectivity index (χ0) is 18.0. The number of hydrogen-bond acceptors (Lipinski definition) is 5. The van der Waals surface area contributed by atoms with Gasteiger partial charge in [-0.15, -0.1) is 0 Å². The summed E-state index contributed by atoms with van der Waals surface area (Å²) in [5.41, 5.74) is 6.15. The van der Waals surface area contributed by atoms with E-state index in [1.54, 1.807) is 31.2 Å². The molecular weight excluding hydrogens is 345 g/mol. The van der Waals surface area contributed by atoms with E-state index in [9.17, 15) is 9.18 Å². The van der Waals surface area contributed by atoms with E-state index < -0.39 is 11.4 Å². The fraction of sp³-hybridized carbons (Fsp3) is 0.278. The summed E-state index contributed by atoms with van der Waals surface area (Å²) >= 11 is 5.78. The van der Waals surface area contributed by atoms with Crippen LogP contribution in [0.2, 0.25) is 5.02 Å². The Kier molecular flexibility index (Phi) is 4.83. The molecule has 130 valence electrons. The van der Waals surface area contributed by atoms with Gasteiger partial charge in [-0.05, 0) is 36.8 Å². The highest BCUT2D eigenvalue weighted by Gasteiger charge is 2.32. The lowest BCUT2D eigenvalue weighted by Crippen LogP contribution is -2.38. The summed E-state index contributed by atoms with van der Waals surface area (Å²) in [7, 11) is 0. The van der Waals surface area contributed by atoms with Gasteiger partial charge in [-0.1, -0.05) is 17.7 Å². The van der Waals surface area contributed by atoms with Crippen LogP contribution in [0.5, 0.6) is 0 Å². The fourth-order valence-corrected chi connectivity index (χ4v) is 2.90. The first-order chi connectivity index (χ1) is 11.9. The topological polar surface area (TPSA) is 77.6 Å². The van der Waals surface area contributed by atoms with Crippen molar-refractivity contribution in [3.8, 4) is 0 Å². The van der Waals surface area contributed by atoms with Gasteiger partial charge in [0, 0.05) is 18.2 Å². The molecule has 2 N–H and O–H groups in total. The van der Waals surface area contributed by atoms with Gasteiger partial charge in [-0.2, -0.15) is 0 Å². The molecule has 7 heteroatoms. The number of halogens is 2. The molecule has 5 nitrogen and oxygen atoms in total. The standard InChI is InChI=1S/C18H17ClFN3O2/c1-18(10-25-9-17(21)23-18)13-6-11(2-4-14(13)20)7-16(24)15-5-3-12(19)8-22-15/h2-6,8H,7,9-10H2,1H3,(H2,21,23). The van der Waals surface area contributed by atoms with E-state index >= 15 is 0 Å². The number of carbonyl (C=O) groups excluding carboxylic acids is 1. The Morgan fingerprint density at radius 3 is 2.88 bits per heavy atom. The number of aromatic nitrogens is 1. The van der Waals surface area contributed by atoms with E-state index in [0.29, 0.717) is 27.7 Å². The molecule has 0 amide bonds. The van der Waals surface area contributed by atoms with Crippen LogP contribution in [0.25, 0.3) is 0 Å². The Morgan fingerprint density at radius 1 is 1.40 bits per heavy atom. The van der Waals surface area contributed by atoms with Crippen LogP contribution in [0, 0.1) is 5.82 Å². The van der Waals surface area contributed by atoms with Crippen molar-refractivity contribution in [2.45, 2.75) is 18.9 Å². The largest absolute Gasteiger partial charge is 0.386 e. The highest BCUT2D eigenvalue weighted by atomic mass is 35.5. The van der Waals surface area contributed by atoms with Gasteiger partial charge >= 0.3 is 0 Å². The van der Waals surface area contributed by atoms with Crippen molar-refractivity contribution >= 4 is 23.2 Å². The minimum atomic E-state index is -0.913. The van der Waals surface area contributed by atoms with E-state index in [2.05, 4.69) is 9.98 Å². The summed E-state index contributed by atoms with van der Waals surface area (Å²) in [5.74, 6) is -0.271. The number of nitrogens with zero attached hydrogens (tertiary/aromatic N) is 2. The normalized spacial score (nSPS) is 20.2. The third-order valence-electron chi connectivity index (χ3n) is 4.01. The van der Waals surface area contributed by atoms with Gasteiger partial charge in [0.05, 0.1) is 11.6 Å². The van der Waals surface area contributed by atoms with Crippen LogP contribution in [0.1, 0.15) is 28.5 Å². The molecule has 0 saturated carbocycles. The van der Waals surface area contributed by atoms with Crippen molar-refractivity contribution in [3.63, 3.8) is 0 Å². The predicted molar refractivity (Wildman–Crippen MR) is 93.5 cm³/mol. The molecule has 2 aromatic rings. The Balaban J connectivity index is 1.88. The van der Waals surface area contributed by atoms with Crippen LogP contribution >= 0.6 is 11.6 Å². The van der Waals surface area contributed by atoms with E-state index in [0.717, 1.165) is 0 Å². The maximum absolute atomic E-state index is 14.4. The number of ketones is 1. The molecule has 1 unspecified atom stereocenters. The molecule has 1 aliphatic rings. The number of aliphatic imine (C=N–C) groups is 1. The van der Waals surface area contributed by atoms with Gasteiger partial charge in [-0.3, -0.25) is 14.8 Å². The summed E-state index contributed by atoms with van der Waals surface area (Å²) in [6.07, 6.45) is 1.51. The van der Waals surface area contributed by atoms with Gasteiger partial charge < -0.3 is 10.5 Å². The van der Waals surface area contributed by atoms with Crippen LogP contribution in [-0.4, -0.2) is 29.8 Å². The molecule has 1 aromatic carbocycles. The molecule has 0 aliphatic carbocycles. The van der Waals surface area contributed by atoms with Crippen molar-refractivity contribution in [2.75, 3.05) is 13.2 Å². The van der Waals surface area contributed by atoms with E-state index in [1.165, 1.54) is 12.3 Å². The molecule has 2 heterocycles. The Labute approximate surface area is 149 Å². The SMILES string of the molecule is CC1(c2cc(CC(=O)c3ccc(Cl)cn3)ccc2F)COCC(N)=N1. The third kappa shape index (κ3) is 3.86. The first-order valence-corrected chi connectivity index (χ1v) is 8.11. The van der Waals surface area contributed by atoms with E-state index in [-0.39, 0.29) is 25.4 Å². The highest BCUT2D eigenvalue weighted by molar-refractivity contribution is 6.30. The van der Waals surface area contributed by atoms with Crippen molar-refractivity contribution < 1.29 is 13.9 Å². The number of Topliss-reactive ketones (excluding diaryl/α,β-unsaturated/α-hetero) is 1. The molecule has 25 heavy (non-hydrogen) atoms. The molecule has 0 spiro atoms. The number of benzene rings is 1. The quantitative estimate of drug-likeness (QED) is 0.849. The smallest absolute Gasteiger partial charge is 0.185 e. The summed E-state index contributed by atoms with van der Waals surface area (Å²) in [4.78, 5) is 20.7. The number of ether oxygens (including phenoxy) is 1. The second-order valence-electron chi connectivity index (χ2n) is 6.15. The van der Waals surface area contributed by atoms with Crippen LogP contribution in [0.4, 0.5) is 4.39 Å². The number of hydrogen-bond donors (Lipinski definition) is 1. The number of rotatable bonds is 4. The number of pyridine rings is 1. The highest BCUT2D eigenvalue weighted by Crippen LogP contribution is 2.31. The third-order valence-corrected chi connectivity index (χ3v) is 4.24. The van der Waals surface area contributed by atoms with E-state index in [1.807, 2.05) is 0 Å². The Bertz CT molecular complexity index is 839. The van der Waals surface area contributed by atoms with Gasteiger partial charge in [0.1, 0.15) is 29.5 Å². The van der Waals surface area contributed by atoms with Crippen molar-refractivity contribution in [2.24, 2.45) is 10.7 Å². The second-order valence-corrected chi connectivity index (χ2v) is 6.58. The minimum Gasteiger partial charge on any atom is -0.386 e. The van der Waals surface area contributed by atoms with Crippen molar-refractivity contribution in [3.05, 3.63) is 64.2 Å². The minimum absolute atomic E-state index is 0.0953. The molecule has 1 aliphatic heterocycles. The predicted octanol–water partition coefficient (Wildman–Crippen LogP) is 2.90. The number of amidine groups is 1. The fourth-order valence-electron chi connectivity index (χ4n) is 2.79. The van der Waals surface area contributed by atoms with Gasteiger partial charge in [0.15, 0.2) is 5.78 Å². The maximum atomic E-state index is 14.4. The summed E-state index contributed by atoms with van der Waals surface area (Å²) in [6, 6.07) is 7.71. The van der Waals surface area contributed by atoms with Crippen molar-refractivity contribution in [1.29, 1.82) is 0 Å². The number of carbonyl (C=O) groups is 1. The van der Waals surface area contributed by atoms with Crippen molar-refractivity contribution in [1.82, 2.24) is 4.98 Å². The van der Waals surface area contributed by atoms with Gasteiger partial charge in [0.25, 0.3) is 0 Å². The molecule has 0 bridgehead atoms. The first kappa shape index (κ1) is 17.5. The summed E-state index contributed by atoms with van der Waals surface area (Å²) < 4.78 is 19.8. The zero-order valence-corrected chi connectivity index (χ0v) is 14.4. The van der Waals surface area contributed by atoms with Crippen LogP contribution < -0.4 is 5.73 Å². The van der Waals surface area contributed by atoms with Gasteiger partial charge in [-0.25, -0.2) is 4.39 Å². The Morgan fingerprint density at radius 2 is 2.20 bits per heavy atom. The molecule has 1 atom stereocenters. The zero-order valence-electron chi connectivity index (χ0n) is 13.6. The molecule has 0 saturated heterocycles. The van der Waals surface area contributed by atoms with Crippen LogP contribution in [-0.2, 0) is 16.7 Å². The van der Waals surface area contributed by atoms with Gasteiger partial charge in [0.2, 0.25) is 0 Å². The molecule has 0 fully saturated rings. The monoisotopic (exact) mass is 361 g/mol. The Hall–Kier alpha value is -2.31. The molecule has 3 rings (SSSR count). The van der Waals surface area contributed by atoms with Crippen LogP contribution in [0.3, 0.4) is 0 Å². The maximum Gasteiger partial charge on any atom is 0.185 e. The summed E-state index contributed by atoms with van der Waals surface area (Å²) in [5, 5.41) is 0.460. The molecule has 1 aromatic heterocycles. The molecular formula is C18H17ClFN3O2. The lowest BCUT2D eigenvalue weighted by molar-refractivity contribution is 0.0987.